The van der Waals surface area contributed by atoms with Crippen LogP contribution in [0.2, 0.25) is 0 Å². The molecule has 0 saturated carbocycles. The number of ether oxygens (including phenoxy) is 1. The molecule has 0 spiro atoms. The van der Waals surface area contributed by atoms with Gasteiger partial charge in [-0.3, -0.25) is 0 Å². The Kier molecular flexibility index (Phi) is 4.66. The quantitative estimate of drug-likeness (QED) is 0.574. The topological polar surface area (TPSA) is 54.1 Å². The highest BCUT2D eigenvalue weighted by Crippen LogP contribution is 2.27. The molecule has 0 bridgehead atoms. The Morgan fingerprint density at radius 2 is 1.95 bits per heavy atom. The van der Waals surface area contributed by atoms with E-state index in [1.54, 1.807) is 12.0 Å². The van der Waals surface area contributed by atoms with Gasteiger partial charge in [-0.25, -0.2) is 0 Å². The largest absolute Gasteiger partial charge is 0.497 e. The number of nitrogens with one attached hydrogen (secondary N) is 3. The van der Waals surface area contributed by atoms with Crippen molar-refractivity contribution in [2.24, 2.45) is 0 Å². The molecule has 0 amide bonds. The molecule has 0 aliphatic carbocycles. The Morgan fingerprint density at radius 3 is 2.64 bits per heavy atom. The van der Waals surface area contributed by atoms with Crippen LogP contribution >= 0.6 is 0 Å². The predicted octanol–water partition coefficient (Wildman–Crippen LogP) is -0.987. The SMILES string of the molecule is CC[NH+]1CC[NH+](C[C@@H](O)c2c[nH]c3ccc(OC)cc23)CC1. The molecule has 3 rings (SSSR count). The summed E-state index contributed by atoms with van der Waals surface area (Å²) in [4.78, 5) is 6.42. The number of aliphatic hydroxyl groups excluding tert-OH is 1. The van der Waals surface area contributed by atoms with Gasteiger partial charge in [-0.2, -0.15) is 0 Å². The first kappa shape index (κ1) is 15.3. The molecular formula is C17H27N3O2+2. The van der Waals surface area contributed by atoms with Gasteiger partial charge in [0.05, 0.1) is 13.7 Å². The third kappa shape index (κ3) is 3.11. The average molecular weight is 305 g/mol. The Labute approximate surface area is 131 Å². The zero-order chi connectivity index (χ0) is 15.5. The Bertz CT molecular complexity index is 617. The van der Waals surface area contributed by atoms with Crippen molar-refractivity contribution >= 4 is 10.9 Å². The number of quaternary nitrogens is 2. The van der Waals surface area contributed by atoms with Crippen molar-refractivity contribution in [2.45, 2.75) is 13.0 Å². The van der Waals surface area contributed by atoms with Crippen LogP contribution in [0.4, 0.5) is 0 Å². The maximum Gasteiger partial charge on any atom is 0.130 e. The van der Waals surface area contributed by atoms with Gasteiger partial charge in [-0.1, -0.05) is 0 Å². The number of aromatic amines is 1. The molecule has 1 saturated heterocycles. The summed E-state index contributed by atoms with van der Waals surface area (Å²) in [6.07, 6.45) is 1.50. The second kappa shape index (κ2) is 6.69. The second-order valence-corrected chi connectivity index (χ2v) is 6.23. The minimum atomic E-state index is -0.431. The number of aliphatic hydroxyl groups is 1. The van der Waals surface area contributed by atoms with Gasteiger partial charge in [0.2, 0.25) is 0 Å². The van der Waals surface area contributed by atoms with E-state index in [0.717, 1.165) is 41.9 Å². The summed E-state index contributed by atoms with van der Waals surface area (Å²) in [5, 5.41) is 11.7. The van der Waals surface area contributed by atoms with Crippen LogP contribution in [-0.2, 0) is 0 Å². The van der Waals surface area contributed by atoms with E-state index in [1.807, 2.05) is 24.4 Å². The highest BCUT2D eigenvalue weighted by atomic mass is 16.5. The van der Waals surface area contributed by atoms with Crippen LogP contribution in [0.25, 0.3) is 10.9 Å². The Morgan fingerprint density at radius 1 is 1.23 bits per heavy atom. The first-order valence-electron chi connectivity index (χ1n) is 8.21. The van der Waals surface area contributed by atoms with Crippen molar-refractivity contribution in [3.05, 3.63) is 30.0 Å². The van der Waals surface area contributed by atoms with Crippen molar-refractivity contribution in [2.75, 3.05) is 46.4 Å². The second-order valence-electron chi connectivity index (χ2n) is 6.23. The van der Waals surface area contributed by atoms with E-state index in [-0.39, 0.29) is 0 Å². The fourth-order valence-corrected chi connectivity index (χ4v) is 3.42. The van der Waals surface area contributed by atoms with Crippen molar-refractivity contribution < 1.29 is 19.6 Å². The maximum atomic E-state index is 10.7. The fraction of sp³-hybridized carbons (Fsp3) is 0.529. The molecule has 0 unspecified atom stereocenters. The van der Waals surface area contributed by atoms with Gasteiger partial charge in [0, 0.05) is 22.7 Å². The Balaban J connectivity index is 1.71. The summed E-state index contributed by atoms with van der Waals surface area (Å²) >= 11 is 0. The summed E-state index contributed by atoms with van der Waals surface area (Å²) in [5.41, 5.74) is 2.02. The molecule has 1 atom stereocenters. The number of rotatable bonds is 5. The predicted molar refractivity (Wildman–Crippen MR) is 86.6 cm³/mol. The van der Waals surface area contributed by atoms with Crippen LogP contribution in [-0.4, -0.2) is 56.5 Å². The molecule has 1 aliphatic heterocycles. The van der Waals surface area contributed by atoms with Gasteiger partial charge in [-0.05, 0) is 25.1 Å². The molecule has 5 nitrogen and oxygen atoms in total. The minimum Gasteiger partial charge on any atom is -0.497 e. The van der Waals surface area contributed by atoms with Gasteiger partial charge in [0.25, 0.3) is 0 Å². The van der Waals surface area contributed by atoms with Gasteiger partial charge in [0.15, 0.2) is 0 Å². The van der Waals surface area contributed by atoms with Crippen molar-refractivity contribution in [1.82, 2.24) is 4.98 Å². The summed E-state index contributed by atoms with van der Waals surface area (Å²) in [6, 6.07) is 5.94. The van der Waals surface area contributed by atoms with Crippen LogP contribution in [0.3, 0.4) is 0 Å². The molecule has 1 aromatic carbocycles. The zero-order valence-corrected chi connectivity index (χ0v) is 13.5. The van der Waals surface area contributed by atoms with E-state index < -0.39 is 6.10 Å². The number of piperazine rings is 1. The monoisotopic (exact) mass is 305 g/mol. The number of H-pyrrole nitrogens is 1. The molecule has 1 fully saturated rings. The normalized spacial score (nSPS) is 23.6. The first-order chi connectivity index (χ1) is 10.7. The highest BCUT2D eigenvalue weighted by Gasteiger charge is 2.25. The summed E-state index contributed by atoms with van der Waals surface area (Å²) in [6.45, 7) is 8.94. The van der Waals surface area contributed by atoms with Gasteiger partial charge < -0.3 is 24.6 Å². The van der Waals surface area contributed by atoms with Crippen LogP contribution in [0, 0.1) is 0 Å². The van der Waals surface area contributed by atoms with E-state index in [9.17, 15) is 5.11 Å². The van der Waals surface area contributed by atoms with Crippen molar-refractivity contribution in [3.63, 3.8) is 0 Å². The molecule has 4 N–H and O–H groups in total. The lowest BCUT2D eigenvalue weighted by atomic mass is 10.1. The third-order valence-corrected chi connectivity index (χ3v) is 4.93. The molecule has 2 aromatic rings. The van der Waals surface area contributed by atoms with Gasteiger partial charge >= 0.3 is 0 Å². The number of likely N-dealkylation sites (N-methyl/N-ethyl adjacent to an activating group) is 1. The molecule has 22 heavy (non-hydrogen) atoms. The lowest BCUT2D eigenvalue weighted by Crippen LogP contribution is -3.28. The number of hydrogen-bond acceptors (Lipinski definition) is 2. The van der Waals surface area contributed by atoms with Gasteiger partial charge in [-0.15, -0.1) is 0 Å². The molecule has 120 valence electrons. The maximum absolute atomic E-state index is 10.7. The average Bonchev–Trinajstić information content (AvgIpc) is 2.98. The van der Waals surface area contributed by atoms with Crippen LogP contribution in [0.15, 0.2) is 24.4 Å². The lowest BCUT2D eigenvalue weighted by molar-refractivity contribution is -1.01. The first-order valence-corrected chi connectivity index (χ1v) is 8.21. The van der Waals surface area contributed by atoms with E-state index in [4.69, 9.17) is 4.74 Å². The molecule has 0 radical (unpaired) electrons. The number of aromatic nitrogens is 1. The van der Waals surface area contributed by atoms with Gasteiger partial charge in [0.1, 0.15) is 44.6 Å². The van der Waals surface area contributed by atoms with Crippen LogP contribution < -0.4 is 14.5 Å². The van der Waals surface area contributed by atoms with Crippen molar-refractivity contribution in [3.8, 4) is 5.75 Å². The smallest absolute Gasteiger partial charge is 0.130 e. The minimum absolute atomic E-state index is 0.431. The van der Waals surface area contributed by atoms with E-state index in [1.165, 1.54) is 24.5 Å². The highest BCUT2D eigenvalue weighted by molar-refractivity contribution is 5.85. The Hall–Kier alpha value is -1.56. The van der Waals surface area contributed by atoms with E-state index in [0.29, 0.717) is 0 Å². The number of benzene rings is 1. The number of hydrogen-bond donors (Lipinski definition) is 4. The van der Waals surface area contributed by atoms with Crippen LogP contribution in [0.1, 0.15) is 18.6 Å². The summed E-state index contributed by atoms with van der Waals surface area (Å²) in [5.74, 6) is 0.827. The molecule has 5 heteroatoms. The standard InChI is InChI=1S/C17H25N3O2/c1-3-19-6-8-20(9-7-19)12-17(21)15-11-18-16-5-4-13(22-2)10-14(15)16/h4-5,10-11,17-18,21H,3,6-9,12H2,1-2H3/p+2/t17-/m1/s1. The molecular weight excluding hydrogens is 278 g/mol. The summed E-state index contributed by atoms with van der Waals surface area (Å²) in [7, 11) is 1.67. The van der Waals surface area contributed by atoms with E-state index >= 15 is 0 Å². The number of methoxy groups -OCH3 is 1. The van der Waals surface area contributed by atoms with E-state index in [2.05, 4.69) is 11.9 Å². The molecule has 2 heterocycles. The number of fused-ring (bicyclic) bond motifs is 1. The van der Waals surface area contributed by atoms with Crippen LogP contribution in [0.5, 0.6) is 5.75 Å². The third-order valence-electron chi connectivity index (χ3n) is 4.93. The molecule has 1 aliphatic rings. The zero-order valence-electron chi connectivity index (χ0n) is 13.5. The molecule has 1 aromatic heterocycles. The van der Waals surface area contributed by atoms with Crippen molar-refractivity contribution in [1.29, 1.82) is 0 Å². The summed E-state index contributed by atoms with van der Waals surface area (Å²) < 4.78 is 5.30. The lowest BCUT2D eigenvalue weighted by Gasteiger charge is -2.30. The fourth-order valence-electron chi connectivity index (χ4n) is 3.42.